The van der Waals surface area contributed by atoms with E-state index in [0.29, 0.717) is 43.4 Å². The smallest absolute Gasteiger partial charge is 0.278 e. The second-order valence-electron chi connectivity index (χ2n) is 7.05. The number of benzene rings is 1. The number of ether oxygens (including phenoxy) is 2. The summed E-state index contributed by atoms with van der Waals surface area (Å²) in [4.78, 5) is 14.4. The molecule has 2 aromatic heterocycles. The van der Waals surface area contributed by atoms with Gasteiger partial charge in [0.05, 0.1) is 25.5 Å². The first-order chi connectivity index (χ1) is 14.5. The third kappa shape index (κ3) is 4.47. The second-order valence-corrected chi connectivity index (χ2v) is 7.48. The second kappa shape index (κ2) is 8.85. The molecule has 1 aromatic carbocycles. The molecule has 9 nitrogen and oxygen atoms in total. The molecule has 1 aliphatic heterocycles. The van der Waals surface area contributed by atoms with E-state index in [1.807, 2.05) is 29.9 Å². The molecule has 1 fully saturated rings. The van der Waals surface area contributed by atoms with Crippen LogP contribution in [0.3, 0.4) is 0 Å². The van der Waals surface area contributed by atoms with Gasteiger partial charge in [-0.25, -0.2) is 4.63 Å². The molecule has 1 amide bonds. The van der Waals surface area contributed by atoms with E-state index >= 15 is 0 Å². The van der Waals surface area contributed by atoms with Crippen molar-refractivity contribution in [2.24, 2.45) is 7.05 Å². The molecule has 0 bridgehead atoms. The highest BCUT2D eigenvalue weighted by Gasteiger charge is 2.30. The van der Waals surface area contributed by atoms with E-state index in [2.05, 4.69) is 20.0 Å². The Morgan fingerprint density at radius 3 is 2.83 bits per heavy atom. The summed E-state index contributed by atoms with van der Waals surface area (Å²) in [6.45, 7) is 3.50. The Balaban J connectivity index is 1.37. The van der Waals surface area contributed by atoms with Crippen LogP contribution < -0.4 is 4.74 Å². The third-order valence-electron chi connectivity index (χ3n) is 4.97. The zero-order valence-corrected chi connectivity index (χ0v) is 17.5. The van der Waals surface area contributed by atoms with Gasteiger partial charge in [0.15, 0.2) is 5.69 Å². The molecule has 1 unspecified atom stereocenters. The molecular formula is C20H22ClN5O4. The van der Waals surface area contributed by atoms with Gasteiger partial charge in [0.2, 0.25) is 0 Å². The zero-order chi connectivity index (χ0) is 21.1. The van der Waals surface area contributed by atoms with Crippen molar-refractivity contribution in [2.45, 2.75) is 19.4 Å². The first-order valence-electron chi connectivity index (χ1n) is 9.62. The third-order valence-corrected chi connectivity index (χ3v) is 5.23. The van der Waals surface area contributed by atoms with Crippen molar-refractivity contribution in [1.82, 2.24) is 25.0 Å². The van der Waals surface area contributed by atoms with Crippen molar-refractivity contribution in [3.05, 3.63) is 58.1 Å². The van der Waals surface area contributed by atoms with E-state index < -0.39 is 0 Å². The Morgan fingerprint density at radius 2 is 2.10 bits per heavy atom. The highest BCUT2D eigenvalue weighted by atomic mass is 35.5. The molecule has 0 N–H and O–H groups in total. The molecule has 0 spiro atoms. The highest BCUT2D eigenvalue weighted by Crippen LogP contribution is 2.24. The van der Waals surface area contributed by atoms with E-state index in [1.54, 1.807) is 24.0 Å². The van der Waals surface area contributed by atoms with Crippen LogP contribution in [0.1, 0.15) is 33.7 Å². The lowest BCUT2D eigenvalue weighted by Crippen LogP contribution is -2.42. The number of rotatable bonds is 6. The summed E-state index contributed by atoms with van der Waals surface area (Å²) in [5, 5.41) is 12.6. The lowest BCUT2D eigenvalue weighted by Gasteiger charge is -2.31. The first-order valence-corrected chi connectivity index (χ1v) is 10.0. The number of carbonyl (C=O) groups is 1. The Bertz CT molecular complexity index is 1020. The monoisotopic (exact) mass is 431 g/mol. The van der Waals surface area contributed by atoms with Gasteiger partial charge in [-0.05, 0) is 42.4 Å². The fraction of sp³-hybridized carbons (Fsp3) is 0.400. The molecule has 1 saturated heterocycles. The Kier molecular flexibility index (Phi) is 6.01. The maximum absolute atomic E-state index is 12.7. The van der Waals surface area contributed by atoms with Gasteiger partial charge in [-0.15, -0.1) is 0 Å². The lowest BCUT2D eigenvalue weighted by atomic mass is 10.1. The molecule has 0 radical (unpaired) electrons. The maximum Gasteiger partial charge on any atom is 0.278 e. The Labute approximate surface area is 178 Å². The van der Waals surface area contributed by atoms with Crippen molar-refractivity contribution < 1.29 is 18.9 Å². The molecule has 1 atom stereocenters. The summed E-state index contributed by atoms with van der Waals surface area (Å²) in [6.07, 6.45) is 0.380. The van der Waals surface area contributed by atoms with Gasteiger partial charge >= 0.3 is 0 Å². The molecule has 1 aliphatic rings. The molecular weight excluding hydrogens is 410 g/mol. The summed E-state index contributed by atoms with van der Waals surface area (Å²) in [6, 6.07) is 9.26. The van der Waals surface area contributed by atoms with Crippen LogP contribution in [0.4, 0.5) is 0 Å². The van der Waals surface area contributed by atoms with Gasteiger partial charge in [-0.1, -0.05) is 16.8 Å². The largest absolute Gasteiger partial charge is 0.493 e. The van der Waals surface area contributed by atoms with Gasteiger partial charge in [0.25, 0.3) is 5.91 Å². The minimum Gasteiger partial charge on any atom is -0.493 e. The molecule has 3 heterocycles. The number of nitrogens with zero attached hydrogens (tertiary/aromatic N) is 5. The number of aromatic nitrogens is 4. The van der Waals surface area contributed by atoms with Crippen molar-refractivity contribution in [3.8, 4) is 5.75 Å². The molecule has 3 aromatic rings. The fourth-order valence-electron chi connectivity index (χ4n) is 3.31. The lowest BCUT2D eigenvalue weighted by molar-refractivity contribution is -0.0252. The van der Waals surface area contributed by atoms with Crippen LogP contribution in [0.5, 0.6) is 5.75 Å². The quantitative estimate of drug-likeness (QED) is 0.591. The van der Waals surface area contributed by atoms with Crippen LogP contribution in [0, 0.1) is 6.92 Å². The van der Waals surface area contributed by atoms with Crippen LogP contribution in [0.25, 0.3) is 0 Å². The van der Waals surface area contributed by atoms with E-state index in [9.17, 15) is 4.79 Å². The average Bonchev–Trinajstić information content (AvgIpc) is 3.34. The van der Waals surface area contributed by atoms with Crippen LogP contribution in [-0.2, 0) is 18.2 Å². The van der Waals surface area contributed by atoms with E-state index in [-0.39, 0.29) is 17.7 Å². The minimum absolute atomic E-state index is 0.213. The van der Waals surface area contributed by atoms with Crippen molar-refractivity contribution in [3.63, 3.8) is 0 Å². The number of carbonyl (C=O) groups excluding carboxylic acids is 1. The Morgan fingerprint density at radius 1 is 1.30 bits per heavy atom. The van der Waals surface area contributed by atoms with Gasteiger partial charge in [0, 0.05) is 30.7 Å². The Hall–Kier alpha value is -2.91. The SMILES string of the molecule is Cc1nonc1C(=O)N1CCOC(c2cc(CCOc3ccc(Cl)cc3)n(C)n2)C1. The molecule has 0 aliphatic carbocycles. The predicted octanol–water partition coefficient (Wildman–Crippen LogP) is 2.60. The topological polar surface area (TPSA) is 95.5 Å². The summed E-state index contributed by atoms with van der Waals surface area (Å²) in [5.41, 5.74) is 2.51. The number of morpholine rings is 1. The van der Waals surface area contributed by atoms with Crippen LogP contribution in [0.15, 0.2) is 35.0 Å². The van der Waals surface area contributed by atoms with E-state index in [1.165, 1.54) is 0 Å². The normalized spacial score (nSPS) is 16.6. The number of hydrogen-bond acceptors (Lipinski definition) is 7. The fourth-order valence-corrected chi connectivity index (χ4v) is 3.44. The number of amides is 1. The van der Waals surface area contributed by atoms with Crippen molar-refractivity contribution in [2.75, 3.05) is 26.3 Å². The van der Waals surface area contributed by atoms with Gasteiger partial charge in [-0.2, -0.15) is 5.10 Å². The van der Waals surface area contributed by atoms with Gasteiger partial charge in [0.1, 0.15) is 17.5 Å². The zero-order valence-electron chi connectivity index (χ0n) is 16.7. The molecule has 4 rings (SSSR count). The number of hydrogen-bond donors (Lipinski definition) is 0. The number of halogens is 1. The van der Waals surface area contributed by atoms with Gasteiger partial charge in [-0.3, -0.25) is 9.48 Å². The molecule has 158 valence electrons. The molecule has 30 heavy (non-hydrogen) atoms. The average molecular weight is 432 g/mol. The van der Waals surface area contributed by atoms with Crippen LogP contribution in [-0.4, -0.2) is 57.2 Å². The van der Waals surface area contributed by atoms with Crippen molar-refractivity contribution in [1.29, 1.82) is 0 Å². The van der Waals surface area contributed by atoms with E-state index in [4.69, 9.17) is 21.1 Å². The summed E-state index contributed by atoms with van der Waals surface area (Å²) >= 11 is 5.89. The maximum atomic E-state index is 12.7. The van der Waals surface area contributed by atoms with Gasteiger partial charge < -0.3 is 14.4 Å². The van der Waals surface area contributed by atoms with E-state index in [0.717, 1.165) is 17.1 Å². The highest BCUT2D eigenvalue weighted by molar-refractivity contribution is 6.30. The summed E-state index contributed by atoms with van der Waals surface area (Å²) in [7, 11) is 1.89. The summed E-state index contributed by atoms with van der Waals surface area (Å²) in [5.74, 6) is 0.554. The van der Waals surface area contributed by atoms with Crippen LogP contribution >= 0.6 is 11.6 Å². The molecule has 0 saturated carbocycles. The first kappa shape index (κ1) is 20.4. The van der Waals surface area contributed by atoms with Crippen LogP contribution in [0.2, 0.25) is 5.02 Å². The standard InChI is InChI=1S/C20H22ClN5O4/c1-13-19(24-30-23-13)20(27)26-8-10-29-18(12-26)17-11-15(25(2)22-17)7-9-28-16-5-3-14(21)4-6-16/h3-6,11,18H,7-10,12H2,1-2H3. The van der Waals surface area contributed by atoms with Crippen molar-refractivity contribution >= 4 is 17.5 Å². The minimum atomic E-state index is -0.306. The number of aryl methyl sites for hydroxylation is 2. The predicted molar refractivity (Wildman–Crippen MR) is 107 cm³/mol. The molecule has 10 heteroatoms. The summed E-state index contributed by atoms with van der Waals surface area (Å²) < 4.78 is 18.1.